The first-order valence-corrected chi connectivity index (χ1v) is 4.12. The van der Waals surface area contributed by atoms with E-state index in [4.69, 9.17) is 5.11 Å². The van der Waals surface area contributed by atoms with E-state index in [-0.39, 0.29) is 5.95 Å². The van der Waals surface area contributed by atoms with E-state index >= 15 is 0 Å². The standard InChI is InChI=1S/C8H6F3N3O2/c9-8(10,11)6-2-1-5(3-12-6)14-4-7(15)16-13-14/h1-4,13,15H. The van der Waals surface area contributed by atoms with Crippen LogP contribution in [0.2, 0.25) is 0 Å². The molecule has 0 bridgehead atoms. The van der Waals surface area contributed by atoms with Crippen molar-refractivity contribution in [1.29, 1.82) is 0 Å². The monoisotopic (exact) mass is 233 g/mol. The highest BCUT2D eigenvalue weighted by atomic mass is 19.4. The summed E-state index contributed by atoms with van der Waals surface area (Å²) < 4.78 is 36.6. The Morgan fingerprint density at radius 1 is 1.38 bits per heavy atom. The summed E-state index contributed by atoms with van der Waals surface area (Å²) in [5.41, 5.74) is 1.57. The van der Waals surface area contributed by atoms with E-state index in [0.29, 0.717) is 5.69 Å². The summed E-state index contributed by atoms with van der Waals surface area (Å²) in [6, 6.07) is 2.03. The molecule has 2 N–H and O–H groups in total. The fourth-order valence-corrected chi connectivity index (χ4v) is 1.08. The van der Waals surface area contributed by atoms with Gasteiger partial charge in [0.1, 0.15) is 11.9 Å². The van der Waals surface area contributed by atoms with Crippen LogP contribution < -0.4 is 10.6 Å². The van der Waals surface area contributed by atoms with Crippen LogP contribution in [-0.2, 0) is 11.0 Å². The summed E-state index contributed by atoms with van der Waals surface area (Å²) in [5, 5.41) is 10.1. The number of aromatic nitrogens is 1. The molecule has 2 heterocycles. The van der Waals surface area contributed by atoms with Gasteiger partial charge < -0.3 is 9.94 Å². The molecule has 1 aliphatic rings. The Labute approximate surface area is 87.7 Å². The van der Waals surface area contributed by atoms with Crippen molar-refractivity contribution in [2.24, 2.45) is 0 Å². The Morgan fingerprint density at radius 2 is 2.12 bits per heavy atom. The smallest absolute Gasteiger partial charge is 0.433 e. The number of nitrogens with one attached hydrogen (secondary N) is 1. The summed E-state index contributed by atoms with van der Waals surface area (Å²) in [7, 11) is 0. The molecular formula is C8H6F3N3O2. The normalized spacial score (nSPS) is 15.9. The molecule has 0 aromatic carbocycles. The van der Waals surface area contributed by atoms with E-state index in [2.05, 4.69) is 15.4 Å². The lowest BCUT2D eigenvalue weighted by molar-refractivity contribution is -0.141. The maximum Gasteiger partial charge on any atom is 0.433 e. The fraction of sp³-hybridized carbons (Fsp3) is 0.125. The number of hydrogen-bond acceptors (Lipinski definition) is 5. The Morgan fingerprint density at radius 3 is 2.56 bits per heavy atom. The molecule has 1 aromatic rings. The number of rotatable bonds is 1. The number of nitrogens with zero attached hydrogens (tertiary/aromatic N) is 2. The first-order chi connectivity index (χ1) is 7.47. The Kier molecular flexibility index (Phi) is 2.35. The topological polar surface area (TPSA) is 57.6 Å². The third-order valence-corrected chi connectivity index (χ3v) is 1.80. The maximum absolute atomic E-state index is 12.2. The van der Waals surface area contributed by atoms with Gasteiger partial charge in [-0.3, -0.25) is 0 Å². The molecule has 0 spiro atoms. The van der Waals surface area contributed by atoms with Crippen molar-refractivity contribution >= 4 is 5.69 Å². The molecule has 5 nitrogen and oxygen atoms in total. The van der Waals surface area contributed by atoms with Gasteiger partial charge in [-0.15, -0.1) is 0 Å². The van der Waals surface area contributed by atoms with Crippen LogP contribution in [0.15, 0.2) is 30.5 Å². The zero-order chi connectivity index (χ0) is 11.8. The number of aliphatic hydroxyl groups is 1. The van der Waals surface area contributed by atoms with Crippen molar-refractivity contribution < 1.29 is 23.1 Å². The van der Waals surface area contributed by atoms with E-state index < -0.39 is 11.9 Å². The predicted molar refractivity (Wildman–Crippen MR) is 46.7 cm³/mol. The van der Waals surface area contributed by atoms with Gasteiger partial charge >= 0.3 is 12.1 Å². The number of alkyl halides is 3. The highest BCUT2D eigenvalue weighted by Crippen LogP contribution is 2.28. The van der Waals surface area contributed by atoms with Gasteiger partial charge in [-0.1, -0.05) is 5.59 Å². The summed E-state index contributed by atoms with van der Waals surface area (Å²) in [6.07, 6.45) is -2.30. The number of halogens is 3. The van der Waals surface area contributed by atoms with Gasteiger partial charge in [-0.25, -0.2) is 9.99 Å². The van der Waals surface area contributed by atoms with Crippen LogP contribution >= 0.6 is 0 Å². The highest BCUT2D eigenvalue weighted by Gasteiger charge is 2.32. The third-order valence-electron chi connectivity index (χ3n) is 1.80. The van der Waals surface area contributed by atoms with E-state index in [1.807, 2.05) is 0 Å². The van der Waals surface area contributed by atoms with Gasteiger partial charge in [0.25, 0.3) is 0 Å². The molecule has 0 unspecified atom stereocenters. The minimum absolute atomic E-state index is 0.303. The van der Waals surface area contributed by atoms with Crippen molar-refractivity contribution in [2.45, 2.75) is 6.18 Å². The molecule has 0 aliphatic carbocycles. The van der Waals surface area contributed by atoms with Crippen molar-refractivity contribution in [2.75, 3.05) is 5.01 Å². The molecule has 0 atom stereocenters. The average Bonchev–Trinajstić information content (AvgIpc) is 2.64. The van der Waals surface area contributed by atoms with Crippen LogP contribution in [0.3, 0.4) is 0 Å². The van der Waals surface area contributed by atoms with E-state index in [9.17, 15) is 13.2 Å². The van der Waals surface area contributed by atoms with Crippen LogP contribution in [-0.4, -0.2) is 10.1 Å². The van der Waals surface area contributed by atoms with E-state index in [1.165, 1.54) is 11.1 Å². The van der Waals surface area contributed by atoms with Crippen LogP contribution in [0.4, 0.5) is 18.9 Å². The summed E-state index contributed by atoms with van der Waals surface area (Å²) in [4.78, 5) is 7.71. The largest absolute Gasteiger partial charge is 0.479 e. The molecule has 8 heteroatoms. The Balaban J connectivity index is 2.20. The molecule has 86 valence electrons. The number of anilines is 1. The summed E-state index contributed by atoms with van der Waals surface area (Å²) in [5.74, 6) is -0.389. The van der Waals surface area contributed by atoms with Gasteiger partial charge in [0.15, 0.2) is 0 Å². The van der Waals surface area contributed by atoms with E-state index in [1.54, 1.807) is 0 Å². The predicted octanol–water partition coefficient (Wildman–Crippen LogP) is 1.71. The lowest BCUT2D eigenvalue weighted by atomic mass is 10.3. The number of pyridine rings is 1. The number of hydrogen-bond donors (Lipinski definition) is 2. The minimum Gasteiger partial charge on any atom is -0.479 e. The first-order valence-electron chi connectivity index (χ1n) is 4.12. The van der Waals surface area contributed by atoms with E-state index in [0.717, 1.165) is 18.5 Å². The quantitative estimate of drug-likeness (QED) is 0.773. The molecule has 1 aromatic heterocycles. The molecule has 0 amide bonds. The average molecular weight is 233 g/mol. The van der Waals surface area contributed by atoms with Gasteiger partial charge in [0.2, 0.25) is 0 Å². The van der Waals surface area contributed by atoms with Crippen molar-refractivity contribution in [3.63, 3.8) is 0 Å². The van der Waals surface area contributed by atoms with Gasteiger partial charge in [0.05, 0.1) is 11.9 Å². The lowest BCUT2D eigenvalue weighted by Crippen LogP contribution is -2.27. The second kappa shape index (κ2) is 3.56. The van der Waals surface area contributed by atoms with Crippen LogP contribution in [0.25, 0.3) is 0 Å². The Hall–Kier alpha value is -1.96. The summed E-state index contributed by atoms with van der Waals surface area (Å²) in [6.45, 7) is 0. The molecule has 0 saturated carbocycles. The Bertz CT molecular complexity index is 416. The van der Waals surface area contributed by atoms with Crippen LogP contribution in [0.1, 0.15) is 5.69 Å². The van der Waals surface area contributed by atoms with Gasteiger partial charge in [-0.05, 0) is 12.1 Å². The SMILES string of the molecule is OC1=CN(c2ccc(C(F)(F)F)nc2)NO1. The van der Waals surface area contributed by atoms with Crippen LogP contribution in [0.5, 0.6) is 0 Å². The first kappa shape index (κ1) is 10.6. The maximum atomic E-state index is 12.2. The van der Waals surface area contributed by atoms with Crippen LogP contribution in [0, 0.1) is 0 Å². The number of aliphatic hydroxyl groups excluding tert-OH is 1. The fourth-order valence-electron chi connectivity index (χ4n) is 1.08. The second-order valence-corrected chi connectivity index (χ2v) is 2.93. The molecular weight excluding hydrogens is 227 g/mol. The highest BCUT2D eigenvalue weighted by molar-refractivity contribution is 5.46. The van der Waals surface area contributed by atoms with Crippen molar-refractivity contribution in [3.05, 3.63) is 36.2 Å². The zero-order valence-corrected chi connectivity index (χ0v) is 7.69. The third kappa shape index (κ3) is 2.01. The van der Waals surface area contributed by atoms with Crippen molar-refractivity contribution in [1.82, 2.24) is 10.6 Å². The zero-order valence-electron chi connectivity index (χ0n) is 7.69. The molecule has 0 saturated heterocycles. The number of hydrazine groups is 1. The molecule has 1 aliphatic heterocycles. The molecule has 0 fully saturated rings. The second-order valence-electron chi connectivity index (χ2n) is 2.93. The molecule has 0 radical (unpaired) electrons. The molecule has 2 rings (SSSR count). The van der Waals surface area contributed by atoms with Crippen molar-refractivity contribution in [3.8, 4) is 0 Å². The minimum atomic E-state index is -4.47. The lowest BCUT2D eigenvalue weighted by Gasteiger charge is -2.13. The van der Waals surface area contributed by atoms with Gasteiger partial charge in [0, 0.05) is 0 Å². The summed E-state index contributed by atoms with van der Waals surface area (Å²) >= 11 is 0. The van der Waals surface area contributed by atoms with Gasteiger partial charge in [-0.2, -0.15) is 13.2 Å². The molecule has 16 heavy (non-hydrogen) atoms.